The van der Waals surface area contributed by atoms with Crippen molar-refractivity contribution in [3.63, 3.8) is 0 Å². The number of para-hydroxylation sites is 4. The molecule has 9 aromatic rings. The minimum atomic E-state index is 0.579. The summed E-state index contributed by atoms with van der Waals surface area (Å²) in [5.41, 5.74) is 11.0. The van der Waals surface area contributed by atoms with Gasteiger partial charge in [0, 0.05) is 32.7 Å². The highest BCUT2D eigenvalue weighted by Gasteiger charge is 2.22. The monoisotopic (exact) mass is 610 g/mol. The Hall–Kier alpha value is -6.88. The SMILES string of the molecule is N#Cc1ccc2c(c1)c1ccccc1n2-c1cc(-c2ccccc2)cc(-c2ccccc2-n2c3ccccc3c3ccccc32)c1C#N. The van der Waals surface area contributed by atoms with Gasteiger partial charge in [-0.2, -0.15) is 10.5 Å². The van der Waals surface area contributed by atoms with Gasteiger partial charge in [0.15, 0.2) is 0 Å². The fourth-order valence-corrected chi connectivity index (χ4v) is 7.31. The number of fused-ring (bicyclic) bond motifs is 6. The third-order valence-corrected chi connectivity index (χ3v) is 9.39. The van der Waals surface area contributed by atoms with Crippen LogP contribution >= 0.6 is 0 Å². The van der Waals surface area contributed by atoms with Crippen LogP contribution in [0.2, 0.25) is 0 Å². The van der Waals surface area contributed by atoms with Crippen LogP contribution in [-0.2, 0) is 0 Å². The second-order valence-corrected chi connectivity index (χ2v) is 12.0. The van der Waals surface area contributed by atoms with Crippen LogP contribution in [0.15, 0.2) is 158 Å². The lowest BCUT2D eigenvalue weighted by Crippen LogP contribution is -2.03. The Bertz CT molecular complexity index is 2750. The van der Waals surface area contributed by atoms with E-state index in [9.17, 15) is 10.5 Å². The molecule has 0 radical (unpaired) electrons. The zero-order valence-corrected chi connectivity index (χ0v) is 25.8. The van der Waals surface area contributed by atoms with Gasteiger partial charge in [-0.25, -0.2) is 0 Å². The molecule has 0 aliphatic rings. The van der Waals surface area contributed by atoms with Crippen LogP contribution in [0, 0.1) is 22.7 Å². The number of aromatic nitrogens is 2. The summed E-state index contributed by atoms with van der Waals surface area (Å²) in [5.74, 6) is 0. The molecular formula is C44H26N4. The summed E-state index contributed by atoms with van der Waals surface area (Å²) < 4.78 is 4.50. The molecule has 0 saturated carbocycles. The van der Waals surface area contributed by atoms with E-state index in [4.69, 9.17) is 0 Å². The molecule has 48 heavy (non-hydrogen) atoms. The Morgan fingerprint density at radius 1 is 0.375 bits per heavy atom. The smallest absolute Gasteiger partial charge is 0.102 e. The Morgan fingerprint density at radius 3 is 1.56 bits per heavy atom. The maximum atomic E-state index is 11.1. The van der Waals surface area contributed by atoms with E-state index < -0.39 is 0 Å². The predicted molar refractivity (Wildman–Crippen MR) is 195 cm³/mol. The average molecular weight is 611 g/mol. The molecule has 0 unspecified atom stereocenters. The average Bonchev–Trinajstić information content (AvgIpc) is 3.67. The predicted octanol–water partition coefficient (Wildman–Crippen LogP) is 11.0. The minimum Gasteiger partial charge on any atom is -0.309 e. The third kappa shape index (κ3) is 4.07. The fourth-order valence-electron chi connectivity index (χ4n) is 7.31. The van der Waals surface area contributed by atoms with Crippen LogP contribution in [0.3, 0.4) is 0 Å². The van der Waals surface area contributed by atoms with E-state index in [1.807, 2.05) is 54.6 Å². The number of rotatable bonds is 4. The topological polar surface area (TPSA) is 57.4 Å². The molecule has 2 heterocycles. The van der Waals surface area contributed by atoms with E-state index in [-0.39, 0.29) is 0 Å². The van der Waals surface area contributed by atoms with Crippen molar-refractivity contribution >= 4 is 43.6 Å². The normalized spacial score (nSPS) is 11.3. The molecule has 0 atom stereocenters. The van der Waals surface area contributed by atoms with E-state index in [0.717, 1.165) is 66.5 Å². The van der Waals surface area contributed by atoms with Crippen LogP contribution in [0.4, 0.5) is 0 Å². The van der Waals surface area contributed by atoms with Crippen LogP contribution in [0.5, 0.6) is 0 Å². The maximum absolute atomic E-state index is 11.1. The summed E-state index contributed by atoms with van der Waals surface area (Å²) in [6.45, 7) is 0. The summed E-state index contributed by atoms with van der Waals surface area (Å²) in [6.07, 6.45) is 0. The first-order valence-electron chi connectivity index (χ1n) is 15.9. The number of hydrogen-bond donors (Lipinski definition) is 0. The molecule has 0 spiro atoms. The molecule has 222 valence electrons. The molecule has 4 heteroatoms. The van der Waals surface area contributed by atoms with Crippen molar-refractivity contribution in [2.45, 2.75) is 0 Å². The highest BCUT2D eigenvalue weighted by atomic mass is 15.0. The lowest BCUT2D eigenvalue weighted by Gasteiger charge is -2.19. The molecule has 0 fully saturated rings. The van der Waals surface area contributed by atoms with Gasteiger partial charge in [-0.3, -0.25) is 0 Å². The standard InChI is InChI=1S/C44H26N4/c45-27-29-22-23-43-37(24-29)35-17-7-11-21-42(35)48(43)44-26-31(30-12-2-1-3-13-30)25-36(38(44)28-46)34-16-6-10-20-41(34)47-39-18-8-4-14-32(39)33-15-5-9-19-40(33)47/h1-26H. The summed E-state index contributed by atoms with van der Waals surface area (Å²) in [7, 11) is 0. The van der Waals surface area contributed by atoms with Gasteiger partial charge < -0.3 is 9.13 Å². The van der Waals surface area contributed by atoms with Crippen molar-refractivity contribution in [3.05, 3.63) is 169 Å². The van der Waals surface area contributed by atoms with Crippen LogP contribution < -0.4 is 0 Å². The van der Waals surface area contributed by atoms with Gasteiger partial charge in [-0.15, -0.1) is 0 Å². The largest absolute Gasteiger partial charge is 0.309 e. The molecule has 9 rings (SSSR count). The Labute approximate surface area is 277 Å². The van der Waals surface area contributed by atoms with Crippen LogP contribution in [-0.4, -0.2) is 9.13 Å². The van der Waals surface area contributed by atoms with Crippen LogP contribution in [0.1, 0.15) is 11.1 Å². The lowest BCUT2D eigenvalue weighted by atomic mass is 9.92. The summed E-state index contributed by atoms with van der Waals surface area (Å²) >= 11 is 0. The molecule has 0 saturated heterocycles. The molecule has 7 aromatic carbocycles. The molecule has 0 amide bonds. The minimum absolute atomic E-state index is 0.579. The first-order valence-corrected chi connectivity index (χ1v) is 15.9. The first kappa shape index (κ1) is 27.4. The van der Waals surface area contributed by atoms with Crippen molar-refractivity contribution in [1.82, 2.24) is 9.13 Å². The molecule has 0 N–H and O–H groups in total. The highest BCUT2D eigenvalue weighted by molar-refractivity contribution is 6.11. The molecule has 0 bridgehead atoms. The first-order chi connectivity index (χ1) is 23.7. The van der Waals surface area contributed by atoms with E-state index >= 15 is 0 Å². The molecular weight excluding hydrogens is 585 g/mol. The van der Waals surface area contributed by atoms with E-state index in [1.165, 1.54) is 10.8 Å². The molecule has 0 aliphatic heterocycles. The second-order valence-electron chi connectivity index (χ2n) is 12.0. The molecule has 4 nitrogen and oxygen atoms in total. The lowest BCUT2D eigenvalue weighted by molar-refractivity contribution is 1.16. The zero-order chi connectivity index (χ0) is 32.2. The Kier molecular flexibility index (Phi) is 6.22. The highest BCUT2D eigenvalue weighted by Crippen LogP contribution is 2.42. The number of hydrogen-bond acceptors (Lipinski definition) is 2. The Morgan fingerprint density at radius 2 is 0.917 bits per heavy atom. The summed E-state index contributed by atoms with van der Waals surface area (Å²) in [5, 5.41) is 25.2. The van der Waals surface area contributed by atoms with Gasteiger partial charge in [-0.05, 0) is 65.7 Å². The molecule has 2 aromatic heterocycles. The zero-order valence-electron chi connectivity index (χ0n) is 25.8. The summed E-state index contributed by atoms with van der Waals surface area (Å²) in [4.78, 5) is 0. The van der Waals surface area contributed by atoms with Gasteiger partial charge in [0.2, 0.25) is 0 Å². The fraction of sp³-hybridized carbons (Fsp3) is 0. The maximum Gasteiger partial charge on any atom is 0.102 e. The van der Waals surface area contributed by atoms with Gasteiger partial charge in [-0.1, -0.05) is 103 Å². The van der Waals surface area contributed by atoms with Crippen molar-refractivity contribution in [2.24, 2.45) is 0 Å². The number of nitrogens with zero attached hydrogens (tertiary/aromatic N) is 4. The van der Waals surface area contributed by atoms with Gasteiger partial charge in [0.25, 0.3) is 0 Å². The van der Waals surface area contributed by atoms with E-state index in [1.54, 1.807) is 0 Å². The van der Waals surface area contributed by atoms with Crippen molar-refractivity contribution in [1.29, 1.82) is 10.5 Å². The van der Waals surface area contributed by atoms with E-state index in [0.29, 0.717) is 11.1 Å². The number of benzene rings is 7. The van der Waals surface area contributed by atoms with Gasteiger partial charge in [0.05, 0.1) is 50.6 Å². The van der Waals surface area contributed by atoms with Crippen molar-refractivity contribution in [2.75, 3.05) is 0 Å². The van der Waals surface area contributed by atoms with Gasteiger partial charge >= 0.3 is 0 Å². The van der Waals surface area contributed by atoms with Crippen molar-refractivity contribution in [3.8, 4) is 45.8 Å². The Balaban J connectivity index is 1.41. The van der Waals surface area contributed by atoms with E-state index in [2.05, 4.69) is 124 Å². The third-order valence-electron chi connectivity index (χ3n) is 9.39. The molecule has 0 aliphatic carbocycles. The number of nitriles is 2. The van der Waals surface area contributed by atoms with Crippen molar-refractivity contribution < 1.29 is 0 Å². The second kappa shape index (κ2) is 10.9. The summed E-state index contributed by atoms with van der Waals surface area (Å²) in [6, 6.07) is 58.9. The van der Waals surface area contributed by atoms with Gasteiger partial charge in [0.1, 0.15) is 6.07 Å². The quantitative estimate of drug-likeness (QED) is 0.199. The van der Waals surface area contributed by atoms with Crippen LogP contribution in [0.25, 0.3) is 77.2 Å².